The number of nitrogens with one attached hydrogen (secondary N) is 2. The molecule has 2 N–H and O–H groups in total. The van der Waals surface area contributed by atoms with Gasteiger partial charge in [-0.2, -0.15) is 5.26 Å². The molecule has 0 saturated carbocycles. The Bertz CT molecular complexity index is 1280. The molecule has 0 spiro atoms. The van der Waals surface area contributed by atoms with E-state index in [-0.39, 0.29) is 36.0 Å². The first-order valence-electron chi connectivity index (χ1n) is 11.6. The highest BCUT2D eigenvalue weighted by Gasteiger charge is 2.21. The molecule has 0 radical (unpaired) electrons. The second-order valence-electron chi connectivity index (χ2n) is 8.36. The van der Waals surface area contributed by atoms with E-state index in [2.05, 4.69) is 40.9 Å². The van der Waals surface area contributed by atoms with Crippen molar-refractivity contribution in [1.82, 2.24) is 25.6 Å². The normalized spacial score (nSPS) is 11.4. The number of nitriles is 1. The van der Waals surface area contributed by atoms with Crippen LogP contribution in [0, 0.1) is 11.3 Å². The van der Waals surface area contributed by atoms with E-state index in [4.69, 9.17) is 14.2 Å². The molecule has 194 valence electrons. The Kier molecular flexibility index (Phi) is 9.05. The molecule has 0 aliphatic carbocycles. The predicted octanol–water partition coefficient (Wildman–Crippen LogP) is 2.85. The Hall–Kier alpha value is -4.59. The van der Waals surface area contributed by atoms with Gasteiger partial charge in [0.25, 0.3) is 11.8 Å². The molecule has 3 aromatic rings. The first-order valence-corrected chi connectivity index (χ1v) is 11.6. The van der Waals surface area contributed by atoms with Gasteiger partial charge in [-0.05, 0) is 29.2 Å². The van der Waals surface area contributed by atoms with E-state index in [1.807, 2.05) is 24.3 Å². The van der Waals surface area contributed by atoms with Crippen molar-refractivity contribution in [3.63, 3.8) is 0 Å². The number of carbonyl (C=O) groups is 2. The third-order valence-electron chi connectivity index (χ3n) is 5.69. The minimum atomic E-state index is -0.824. The van der Waals surface area contributed by atoms with Crippen LogP contribution < -0.4 is 24.8 Å². The van der Waals surface area contributed by atoms with Gasteiger partial charge in [0, 0.05) is 6.54 Å². The van der Waals surface area contributed by atoms with Crippen LogP contribution in [0.25, 0.3) is 0 Å². The van der Waals surface area contributed by atoms with Crippen molar-refractivity contribution in [3.05, 3.63) is 65.0 Å². The van der Waals surface area contributed by atoms with Crippen molar-refractivity contribution < 1.29 is 23.8 Å². The Morgan fingerprint density at radius 2 is 1.65 bits per heavy atom. The van der Waals surface area contributed by atoms with Crippen LogP contribution in [0.2, 0.25) is 0 Å². The highest BCUT2D eigenvalue weighted by molar-refractivity contribution is 5.98. The number of amides is 2. The summed E-state index contributed by atoms with van der Waals surface area (Å²) in [6, 6.07) is 12.0. The van der Waals surface area contributed by atoms with Crippen LogP contribution in [-0.2, 0) is 6.54 Å². The maximum Gasteiger partial charge on any atom is 0.274 e. The Balaban J connectivity index is 1.59. The Labute approximate surface area is 215 Å². The van der Waals surface area contributed by atoms with E-state index in [9.17, 15) is 14.9 Å². The number of rotatable bonds is 11. The minimum absolute atomic E-state index is 0.0620. The number of aromatic nitrogens is 3. The summed E-state index contributed by atoms with van der Waals surface area (Å²) in [6.45, 7) is 4.64. The van der Waals surface area contributed by atoms with Gasteiger partial charge < -0.3 is 24.8 Å². The van der Waals surface area contributed by atoms with Gasteiger partial charge in [-0.1, -0.05) is 43.3 Å². The fourth-order valence-electron chi connectivity index (χ4n) is 3.64. The zero-order valence-corrected chi connectivity index (χ0v) is 21.4. The molecule has 0 aliphatic heterocycles. The first kappa shape index (κ1) is 27.0. The molecule has 2 amide bonds. The van der Waals surface area contributed by atoms with Gasteiger partial charge in [0.2, 0.25) is 5.75 Å². The summed E-state index contributed by atoms with van der Waals surface area (Å²) < 4.78 is 17.3. The quantitative estimate of drug-likeness (QED) is 0.405. The molecule has 0 bridgehead atoms. The Morgan fingerprint density at radius 1 is 0.973 bits per heavy atom. The third-order valence-corrected chi connectivity index (χ3v) is 5.69. The zero-order chi connectivity index (χ0) is 26.9. The zero-order valence-electron chi connectivity index (χ0n) is 21.4. The number of hydrogen-bond donors (Lipinski definition) is 2. The van der Waals surface area contributed by atoms with E-state index in [1.165, 1.54) is 32.2 Å². The molecule has 0 saturated heterocycles. The lowest BCUT2D eigenvalue weighted by Crippen LogP contribution is -2.28. The van der Waals surface area contributed by atoms with Gasteiger partial charge in [-0.3, -0.25) is 9.59 Å². The lowest BCUT2D eigenvalue weighted by atomic mass is 9.99. The van der Waals surface area contributed by atoms with E-state index in [0.717, 1.165) is 5.56 Å². The van der Waals surface area contributed by atoms with Gasteiger partial charge in [0.1, 0.15) is 6.04 Å². The highest BCUT2D eigenvalue weighted by atomic mass is 16.5. The molecular formula is C26H30N6O5. The Morgan fingerprint density at radius 3 is 2.24 bits per heavy atom. The second kappa shape index (κ2) is 12.4. The summed E-state index contributed by atoms with van der Waals surface area (Å²) in [6.07, 6.45) is 1.45. The smallest absolute Gasteiger partial charge is 0.274 e. The molecule has 37 heavy (non-hydrogen) atoms. The molecule has 2 aromatic carbocycles. The SMILES string of the molecule is COc1ccc(C(=O)NCCn2cc(C(=O)NC(C#N)c3ccc(C(C)C)cc3)nn2)c(OC)c1OC. The lowest BCUT2D eigenvalue weighted by Gasteiger charge is -2.15. The van der Waals surface area contributed by atoms with Crippen molar-refractivity contribution >= 4 is 11.8 Å². The van der Waals surface area contributed by atoms with Crippen molar-refractivity contribution in [1.29, 1.82) is 5.26 Å². The molecule has 11 nitrogen and oxygen atoms in total. The van der Waals surface area contributed by atoms with Crippen LogP contribution in [0.15, 0.2) is 42.6 Å². The molecule has 1 heterocycles. The van der Waals surface area contributed by atoms with Crippen molar-refractivity contribution in [2.24, 2.45) is 0 Å². The van der Waals surface area contributed by atoms with Gasteiger partial charge in [-0.25, -0.2) is 4.68 Å². The van der Waals surface area contributed by atoms with E-state index >= 15 is 0 Å². The fourth-order valence-corrected chi connectivity index (χ4v) is 3.64. The molecule has 1 atom stereocenters. The predicted molar refractivity (Wildman–Crippen MR) is 135 cm³/mol. The van der Waals surface area contributed by atoms with Crippen molar-refractivity contribution in [2.45, 2.75) is 32.4 Å². The summed E-state index contributed by atoms with van der Waals surface area (Å²) in [7, 11) is 4.39. The molecule has 1 unspecified atom stereocenters. The number of methoxy groups -OCH3 is 3. The van der Waals surface area contributed by atoms with E-state index in [0.29, 0.717) is 23.0 Å². The van der Waals surface area contributed by atoms with Crippen LogP contribution in [0.3, 0.4) is 0 Å². The molecule has 0 fully saturated rings. The van der Waals surface area contributed by atoms with Crippen LogP contribution in [-0.4, -0.2) is 54.7 Å². The number of carbonyl (C=O) groups excluding carboxylic acids is 2. The molecular weight excluding hydrogens is 476 g/mol. The molecule has 0 aliphatic rings. The van der Waals surface area contributed by atoms with Crippen LogP contribution in [0.1, 0.15) is 57.8 Å². The van der Waals surface area contributed by atoms with Crippen LogP contribution in [0.5, 0.6) is 17.2 Å². The summed E-state index contributed by atoms with van der Waals surface area (Å²) >= 11 is 0. The van der Waals surface area contributed by atoms with Gasteiger partial charge >= 0.3 is 0 Å². The lowest BCUT2D eigenvalue weighted by molar-refractivity contribution is 0.0934. The number of hydrogen-bond acceptors (Lipinski definition) is 8. The minimum Gasteiger partial charge on any atom is -0.493 e. The maximum absolute atomic E-state index is 12.7. The monoisotopic (exact) mass is 506 g/mol. The van der Waals surface area contributed by atoms with Gasteiger partial charge in [0.15, 0.2) is 17.2 Å². The third kappa shape index (κ3) is 6.35. The molecule has 11 heteroatoms. The standard InChI is InChI=1S/C26H30N6O5/c1-16(2)17-6-8-18(9-7-17)20(14-27)29-26(34)21-15-32(31-30-21)13-12-28-25(33)19-10-11-22(35-3)24(37-5)23(19)36-4/h6-11,15-16,20H,12-13H2,1-5H3,(H,28,33)(H,29,34). The van der Waals surface area contributed by atoms with E-state index < -0.39 is 11.9 Å². The summed E-state index contributed by atoms with van der Waals surface area (Å²) in [4.78, 5) is 25.4. The molecule has 3 rings (SSSR count). The second-order valence-corrected chi connectivity index (χ2v) is 8.36. The summed E-state index contributed by atoms with van der Waals surface area (Å²) in [5.74, 6) is 0.475. The van der Waals surface area contributed by atoms with Crippen LogP contribution in [0.4, 0.5) is 0 Å². The summed E-state index contributed by atoms with van der Waals surface area (Å²) in [5.41, 5.74) is 2.17. The van der Waals surface area contributed by atoms with Gasteiger partial charge in [0.05, 0.1) is 45.7 Å². The van der Waals surface area contributed by atoms with Gasteiger partial charge in [-0.15, -0.1) is 5.10 Å². The van der Waals surface area contributed by atoms with E-state index in [1.54, 1.807) is 12.1 Å². The summed E-state index contributed by atoms with van der Waals surface area (Å²) in [5, 5.41) is 22.8. The molecule has 1 aromatic heterocycles. The number of nitrogens with zero attached hydrogens (tertiary/aromatic N) is 4. The van der Waals surface area contributed by atoms with Crippen LogP contribution >= 0.6 is 0 Å². The van der Waals surface area contributed by atoms with Crippen molar-refractivity contribution in [2.75, 3.05) is 27.9 Å². The topological polar surface area (TPSA) is 140 Å². The van der Waals surface area contributed by atoms with Crippen molar-refractivity contribution in [3.8, 4) is 23.3 Å². The average Bonchev–Trinajstić information content (AvgIpc) is 3.39. The highest BCUT2D eigenvalue weighted by Crippen LogP contribution is 2.39. The number of ether oxygens (including phenoxy) is 3. The first-order chi connectivity index (χ1) is 17.8. The average molecular weight is 507 g/mol. The number of benzene rings is 2. The maximum atomic E-state index is 12.7. The fraction of sp³-hybridized carbons (Fsp3) is 0.346. The largest absolute Gasteiger partial charge is 0.493 e.